The molecule has 0 amide bonds. The fraction of sp³-hybridized carbons (Fsp3) is 0.917. The fourth-order valence-corrected chi connectivity index (χ4v) is 9.80. The summed E-state index contributed by atoms with van der Waals surface area (Å²) in [5.41, 5.74) is -0.239. The third kappa shape index (κ3) is 3.83. The molecule has 1 N–H and O–H groups in total. The average Bonchev–Trinajstić information content (AvgIpc) is 2.35. The van der Waals surface area contributed by atoms with Crippen molar-refractivity contribution in [3.05, 3.63) is 0 Å². The monoisotopic (exact) mass is 495 g/mol. The van der Waals surface area contributed by atoms with E-state index in [0.717, 1.165) is 6.42 Å². The minimum absolute atomic E-state index is 0.185. The first-order valence-corrected chi connectivity index (χ1v) is 13.7. The van der Waals surface area contributed by atoms with Gasteiger partial charge in [-0.15, -0.1) is 0 Å². The van der Waals surface area contributed by atoms with Gasteiger partial charge in [-0.2, -0.15) is 0 Å². The van der Waals surface area contributed by atoms with Gasteiger partial charge in [0.2, 0.25) is 0 Å². The Hall–Kier alpha value is 0.515. The summed E-state index contributed by atoms with van der Waals surface area (Å²) in [7, 11) is -0.383. The summed E-state index contributed by atoms with van der Waals surface area (Å²) in [5, 5.41) is 2.73. The minimum atomic E-state index is -3.21. The van der Waals surface area contributed by atoms with Gasteiger partial charge in [0.25, 0.3) is 0 Å². The molecule has 6 nitrogen and oxygen atoms in total. The van der Waals surface area contributed by atoms with E-state index >= 15 is 0 Å². The quantitative estimate of drug-likeness (QED) is 0.469. The van der Waals surface area contributed by atoms with Crippen molar-refractivity contribution in [3.8, 4) is 0 Å². The Kier molecular flexibility index (Phi) is 6.25. The molecule has 0 aromatic rings. The molecule has 0 aromatic heterocycles. The Morgan fingerprint density at radius 1 is 1.30 bits per heavy atom. The van der Waals surface area contributed by atoms with Crippen LogP contribution < -0.4 is 5.32 Å². The van der Waals surface area contributed by atoms with E-state index in [-0.39, 0.29) is 11.5 Å². The SMILES string of the molecule is COP(=O)(OC)C1(C)CC[CH]([Hg][O]C(C)=O)C(C)(C)N1. The third-order valence-corrected chi connectivity index (χ3v) is 16.0. The van der Waals surface area contributed by atoms with Gasteiger partial charge in [-0.05, 0) is 0 Å². The molecule has 0 bridgehead atoms. The number of hydrogen-bond donors (Lipinski definition) is 1. The number of piperidine rings is 1. The van der Waals surface area contributed by atoms with Gasteiger partial charge in [-0.1, -0.05) is 0 Å². The number of carbonyl (C=O) groups is 1. The summed E-state index contributed by atoms with van der Waals surface area (Å²) < 4.78 is 28.7. The molecule has 1 fully saturated rings. The van der Waals surface area contributed by atoms with Crippen molar-refractivity contribution < 1.29 is 46.1 Å². The molecule has 2 atom stereocenters. The number of rotatable bonds is 5. The second-order valence-electron chi connectivity index (χ2n) is 6.02. The van der Waals surface area contributed by atoms with Crippen molar-refractivity contribution in [2.45, 2.75) is 54.8 Å². The van der Waals surface area contributed by atoms with E-state index in [4.69, 9.17) is 11.7 Å². The van der Waals surface area contributed by atoms with Crippen LogP contribution >= 0.6 is 7.60 Å². The Bertz CT molecular complexity index is 409. The Morgan fingerprint density at radius 2 is 1.85 bits per heavy atom. The van der Waals surface area contributed by atoms with Gasteiger partial charge < -0.3 is 0 Å². The number of carbonyl (C=O) groups excluding carboxylic acids is 1. The molecule has 1 heterocycles. The molecular weight excluding hydrogens is 470 g/mol. The molecule has 0 aromatic carbocycles. The molecule has 1 aliphatic rings. The molecule has 1 saturated heterocycles. The molecule has 0 spiro atoms. The molecule has 1 rings (SSSR count). The molecule has 0 aliphatic carbocycles. The normalized spacial score (nSPS) is 29.6. The summed E-state index contributed by atoms with van der Waals surface area (Å²) in [5.74, 6) is -0.185. The maximum atomic E-state index is 12.7. The summed E-state index contributed by atoms with van der Waals surface area (Å²) in [4.78, 5) is 11.0. The van der Waals surface area contributed by atoms with E-state index in [1.54, 1.807) is 0 Å². The van der Waals surface area contributed by atoms with Crippen molar-refractivity contribution in [3.63, 3.8) is 0 Å². The van der Waals surface area contributed by atoms with Crippen LogP contribution in [0.25, 0.3) is 0 Å². The second-order valence-corrected chi connectivity index (χ2v) is 15.0. The molecule has 8 heteroatoms. The predicted octanol–water partition coefficient (Wildman–Crippen LogP) is 2.70. The molecule has 2 unspecified atom stereocenters. The van der Waals surface area contributed by atoms with Gasteiger partial charge in [0.1, 0.15) is 0 Å². The van der Waals surface area contributed by atoms with E-state index < -0.39 is 37.9 Å². The Morgan fingerprint density at radius 3 is 2.25 bits per heavy atom. The Labute approximate surface area is 133 Å². The fourth-order valence-electron chi connectivity index (χ4n) is 2.87. The maximum absolute atomic E-state index is 12.7. The van der Waals surface area contributed by atoms with E-state index in [9.17, 15) is 9.36 Å². The first-order valence-electron chi connectivity index (χ1n) is 6.74. The van der Waals surface area contributed by atoms with Crippen LogP contribution in [0.5, 0.6) is 0 Å². The van der Waals surface area contributed by atoms with Crippen LogP contribution in [-0.2, 0) is 46.1 Å². The van der Waals surface area contributed by atoms with Crippen LogP contribution in [0, 0.1) is 0 Å². The molecule has 1 aliphatic heterocycles. The van der Waals surface area contributed by atoms with Crippen LogP contribution in [0.1, 0.15) is 40.5 Å². The first kappa shape index (κ1) is 18.6. The van der Waals surface area contributed by atoms with Crippen molar-refractivity contribution >= 4 is 13.6 Å². The third-order valence-electron chi connectivity index (χ3n) is 4.16. The van der Waals surface area contributed by atoms with Gasteiger partial charge in [0.05, 0.1) is 0 Å². The number of nitrogens with one attached hydrogen (secondary N) is 1. The van der Waals surface area contributed by atoms with Crippen molar-refractivity contribution in [2.24, 2.45) is 0 Å². The topological polar surface area (TPSA) is 73.9 Å². The zero-order chi connectivity index (χ0) is 15.6. The van der Waals surface area contributed by atoms with Crippen LogP contribution in [0.15, 0.2) is 0 Å². The summed E-state index contributed by atoms with van der Waals surface area (Å²) in [6, 6.07) is 0. The zero-order valence-corrected chi connectivity index (χ0v) is 19.6. The van der Waals surface area contributed by atoms with E-state index in [1.165, 1.54) is 21.1 Å². The Balaban J connectivity index is 2.87. The van der Waals surface area contributed by atoms with Crippen molar-refractivity contribution in [2.75, 3.05) is 14.2 Å². The number of hydrogen-bond acceptors (Lipinski definition) is 6. The van der Waals surface area contributed by atoms with Gasteiger partial charge in [0, 0.05) is 0 Å². The zero-order valence-electron chi connectivity index (χ0n) is 13.2. The van der Waals surface area contributed by atoms with Gasteiger partial charge in [-0.3, -0.25) is 0 Å². The van der Waals surface area contributed by atoms with Crippen LogP contribution in [0.4, 0.5) is 0 Å². The van der Waals surface area contributed by atoms with Crippen LogP contribution in [0.2, 0.25) is 3.43 Å². The summed E-state index contributed by atoms with van der Waals surface area (Å²) in [6.45, 7) is 7.46. The van der Waals surface area contributed by atoms with Crippen molar-refractivity contribution in [1.29, 1.82) is 0 Å². The van der Waals surface area contributed by atoms with Crippen LogP contribution in [-0.4, -0.2) is 31.0 Å². The van der Waals surface area contributed by atoms with Gasteiger partial charge in [-0.25, -0.2) is 0 Å². The summed E-state index contributed by atoms with van der Waals surface area (Å²) in [6.07, 6.45) is 1.56. The molecule has 0 radical (unpaired) electrons. The van der Waals surface area contributed by atoms with E-state index in [0.29, 0.717) is 9.85 Å². The van der Waals surface area contributed by atoms with Gasteiger partial charge in [0.15, 0.2) is 0 Å². The van der Waals surface area contributed by atoms with Gasteiger partial charge >= 0.3 is 134 Å². The first-order chi connectivity index (χ1) is 9.10. The van der Waals surface area contributed by atoms with E-state index in [2.05, 4.69) is 19.2 Å². The van der Waals surface area contributed by atoms with Crippen LogP contribution in [0.3, 0.4) is 0 Å². The second kappa shape index (κ2) is 6.74. The molecule has 114 valence electrons. The van der Waals surface area contributed by atoms with Crippen molar-refractivity contribution in [1.82, 2.24) is 5.32 Å². The molecule has 0 saturated carbocycles. The van der Waals surface area contributed by atoms with E-state index in [1.807, 2.05) is 6.92 Å². The summed E-state index contributed by atoms with van der Waals surface area (Å²) >= 11 is -1.77. The standard InChI is InChI=1S/C10H21NO3P.C2H4O2.Hg/c1-9(2)7-6-8-10(3,11-9)15(12,13-4)14-5;1-2(3)4;/h7,11H,6,8H2,1-5H3;1H3,(H,3,4);/q;;+1/p-1. The average molecular weight is 494 g/mol. The molecule has 20 heavy (non-hydrogen) atoms. The molecular formula is C12H24HgNO5P. The predicted molar refractivity (Wildman–Crippen MR) is 72.0 cm³/mol.